The molecule has 24 heavy (non-hydrogen) atoms. The van der Waals surface area contributed by atoms with Crippen LogP contribution in [0.2, 0.25) is 0 Å². The number of aromatic nitrogens is 1. The van der Waals surface area contributed by atoms with E-state index in [1.165, 1.54) is 6.07 Å². The molecule has 0 unspecified atom stereocenters. The van der Waals surface area contributed by atoms with E-state index in [1.807, 2.05) is 0 Å². The van der Waals surface area contributed by atoms with Crippen LogP contribution >= 0.6 is 0 Å². The Labute approximate surface area is 138 Å². The molecule has 0 aliphatic carbocycles. The Balaban J connectivity index is 1.94. The molecule has 1 atom stereocenters. The number of ether oxygens (including phenoxy) is 2. The van der Waals surface area contributed by atoms with Crippen LogP contribution in [-0.4, -0.2) is 40.8 Å². The summed E-state index contributed by atoms with van der Waals surface area (Å²) >= 11 is 0. The third-order valence-corrected chi connectivity index (χ3v) is 3.38. The van der Waals surface area contributed by atoms with Crippen LogP contribution in [0.3, 0.4) is 0 Å². The zero-order valence-electron chi connectivity index (χ0n) is 13.9. The van der Waals surface area contributed by atoms with E-state index in [1.54, 1.807) is 25.7 Å². The van der Waals surface area contributed by atoms with Crippen molar-refractivity contribution in [3.63, 3.8) is 0 Å². The number of carbonyl (C=O) groups is 1. The van der Waals surface area contributed by atoms with E-state index in [4.69, 9.17) is 9.47 Å². The summed E-state index contributed by atoms with van der Waals surface area (Å²) in [5, 5.41) is 0. The van der Waals surface area contributed by atoms with Gasteiger partial charge in [0.15, 0.2) is 0 Å². The molecule has 2 rings (SSSR count). The topological polar surface area (TPSA) is 51.7 Å². The number of halogens is 3. The number of likely N-dealkylation sites (tertiary alicyclic amines) is 1. The van der Waals surface area contributed by atoms with Crippen LogP contribution in [0.1, 0.15) is 39.2 Å². The van der Waals surface area contributed by atoms with E-state index < -0.39 is 23.4 Å². The summed E-state index contributed by atoms with van der Waals surface area (Å²) < 4.78 is 48.5. The Bertz CT molecular complexity index is 567. The summed E-state index contributed by atoms with van der Waals surface area (Å²) in [5.41, 5.74) is -1.41. The predicted octanol–water partition coefficient (Wildman–Crippen LogP) is 3.88. The maximum Gasteiger partial charge on any atom is 0.417 e. The molecule has 0 radical (unpaired) electrons. The SMILES string of the molecule is CC(C)(C)OC(=O)N1CCC[C@@H](Oc2ccc(C(F)(F)F)cn2)C1. The van der Waals surface area contributed by atoms with Crippen molar-refractivity contribution in [2.45, 2.75) is 51.5 Å². The van der Waals surface area contributed by atoms with E-state index in [0.29, 0.717) is 19.5 Å². The van der Waals surface area contributed by atoms with Gasteiger partial charge in [-0.05, 0) is 39.7 Å². The monoisotopic (exact) mass is 346 g/mol. The molecular formula is C16H21F3N2O3. The minimum Gasteiger partial charge on any atom is -0.472 e. The molecule has 1 aromatic rings. The molecular weight excluding hydrogens is 325 g/mol. The van der Waals surface area contributed by atoms with E-state index in [0.717, 1.165) is 18.7 Å². The van der Waals surface area contributed by atoms with Crippen LogP contribution in [0.25, 0.3) is 0 Å². The molecule has 1 aliphatic heterocycles. The molecule has 0 saturated carbocycles. The molecule has 1 fully saturated rings. The minimum absolute atomic E-state index is 0.110. The van der Waals surface area contributed by atoms with Crippen molar-refractivity contribution in [3.05, 3.63) is 23.9 Å². The maximum absolute atomic E-state index is 12.5. The van der Waals surface area contributed by atoms with Crippen LogP contribution in [0.5, 0.6) is 5.88 Å². The van der Waals surface area contributed by atoms with Gasteiger partial charge in [0.25, 0.3) is 0 Å². The van der Waals surface area contributed by atoms with Gasteiger partial charge in [0.05, 0.1) is 12.1 Å². The van der Waals surface area contributed by atoms with E-state index in [2.05, 4.69) is 4.98 Å². The Morgan fingerprint density at radius 3 is 2.54 bits per heavy atom. The predicted molar refractivity (Wildman–Crippen MR) is 80.7 cm³/mol. The Morgan fingerprint density at radius 1 is 1.29 bits per heavy atom. The van der Waals surface area contributed by atoms with Crippen molar-refractivity contribution < 1.29 is 27.4 Å². The number of hydrogen-bond donors (Lipinski definition) is 0. The lowest BCUT2D eigenvalue weighted by Gasteiger charge is -2.33. The number of pyridine rings is 1. The molecule has 0 aromatic carbocycles. The van der Waals surface area contributed by atoms with E-state index in [9.17, 15) is 18.0 Å². The molecule has 5 nitrogen and oxygen atoms in total. The average molecular weight is 346 g/mol. The van der Waals surface area contributed by atoms with Crippen molar-refractivity contribution >= 4 is 6.09 Å². The third kappa shape index (κ3) is 5.28. The lowest BCUT2D eigenvalue weighted by atomic mass is 10.1. The molecule has 0 bridgehead atoms. The number of rotatable bonds is 2. The largest absolute Gasteiger partial charge is 0.472 e. The highest BCUT2D eigenvalue weighted by Crippen LogP contribution is 2.29. The standard InChI is InChI=1S/C16H21F3N2O3/c1-15(2,3)24-14(22)21-8-4-5-12(10-21)23-13-7-6-11(9-20-13)16(17,18)19/h6-7,9,12H,4-5,8,10H2,1-3H3/t12-/m1/s1. The first-order valence-corrected chi connectivity index (χ1v) is 7.72. The molecule has 2 heterocycles. The Hall–Kier alpha value is -1.99. The summed E-state index contributed by atoms with van der Waals surface area (Å²) in [4.78, 5) is 17.3. The number of nitrogens with zero attached hydrogens (tertiary/aromatic N) is 2. The number of hydrogen-bond acceptors (Lipinski definition) is 4. The molecule has 0 spiro atoms. The summed E-state index contributed by atoms with van der Waals surface area (Å²) in [6.07, 6.45) is -3.01. The highest BCUT2D eigenvalue weighted by molar-refractivity contribution is 5.68. The van der Waals surface area contributed by atoms with Gasteiger partial charge in [0.1, 0.15) is 11.7 Å². The number of piperidine rings is 1. The van der Waals surface area contributed by atoms with Crippen molar-refractivity contribution in [1.82, 2.24) is 9.88 Å². The van der Waals surface area contributed by atoms with Gasteiger partial charge in [-0.2, -0.15) is 13.2 Å². The number of carbonyl (C=O) groups excluding carboxylic acids is 1. The number of amides is 1. The molecule has 1 aromatic heterocycles. The van der Waals surface area contributed by atoms with Crippen molar-refractivity contribution in [2.75, 3.05) is 13.1 Å². The minimum atomic E-state index is -4.43. The molecule has 1 saturated heterocycles. The van der Waals surface area contributed by atoms with Gasteiger partial charge in [-0.15, -0.1) is 0 Å². The smallest absolute Gasteiger partial charge is 0.417 e. The Morgan fingerprint density at radius 2 is 2.00 bits per heavy atom. The van der Waals surface area contributed by atoms with Crippen LogP contribution in [0, 0.1) is 0 Å². The lowest BCUT2D eigenvalue weighted by molar-refractivity contribution is -0.137. The molecule has 0 N–H and O–H groups in total. The zero-order chi connectivity index (χ0) is 18.0. The fourth-order valence-electron chi connectivity index (χ4n) is 2.32. The lowest BCUT2D eigenvalue weighted by Crippen LogP contribution is -2.46. The van der Waals surface area contributed by atoms with Crippen LogP contribution in [0.15, 0.2) is 18.3 Å². The first-order valence-electron chi connectivity index (χ1n) is 7.72. The summed E-state index contributed by atoms with van der Waals surface area (Å²) in [5.74, 6) is 0.110. The molecule has 8 heteroatoms. The van der Waals surface area contributed by atoms with Gasteiger partial charge in [-0.25, -0.2) is 9.78 Å². The normalized spacial score (nSPS) is 19.1. The van der Waals surface area contributed by atoms with Gasteiger partial charge < -0.3 is 14.4 Å². The fraction of sp³-hybridized carbons (Fsp3) is 0.625. The van der Waals surface area contributed by atoms with Crippen LogP contribution < -0.4 is 4.74 Å². The Kier molecular flexibility index (Phi) is 5.25. The summed E-state index contributed by atoms with van der Waals surface area (Å²) in [7, 11) is 0. The van der Waals surface area contributed by atoms with Crippen molar-refractivity contribution in [1.29, 1.82) is 0 Å². The first-order chi connectivity index (χ1) is 11.0. The van der Waals surface area contributed by atoms with Gasteiger partial charge in [-0.3, -0.25) is 0 Å². The highest BCUT2D eigenvalue weighted by Gasteiger charge is 2.31. The number of alkyl halides is 3. The third-order valence-electron chi connectivity index (χ3n) is 3.38. The molecule has 134 valence electrons. The maximum atomic E-state index is 12.5. The van der Waals surface area contributed by atoms with Crippen molar-refractivity contribution in [3.8, 4) is 5.88 Å². The summed E-state index contributed by atoms with van der Waals surface area (Å²) in [6, 6.07) is 2.12. The van der Waals surface area contributed by atoms with Crippen LogP contribution in [-0.2, 0) is 10.9 Å². The van der Waals surface area contributed by atoms with Crippen molar-refractivity contribution in [2.24, 2.45) is 0 Å². The summed E-state index contributed by atoms with van der Waals surface area (Å²) in [6.45, 7) is 6.24. The van der Waals surface area contributed by atoms with E-state index in [-0.39, 0.29) is 12.0 Å². The van der Waals surface area contributed by atoms with Gasteiger partial charge >= 0.3 is 12.3 Å². The average Bonchev–Trinajstić information content (AvgIpc) is 2.45. The fourth-order valence-corrected chi connectivity index (χ4v) is 2.32. The second kappa shape index (κ2) is 6.86. The quantitative estimate of drug-likeness (QED) is 0.815. The zero-order valence-corrected chi connectivity index (χ0v) is 13.9. The van der Waals surface area contributed by atoms with Gasteiger partial charge in [0.2, 0.25) is 5.88 Å². The second-order valence-corrected chi connectivity index (χ2v) is 6.69. The van der Waals surface area contributed by atoms with E-state index >= 15 is 0 Å². The highest BCUT2D eigenvalue weighted by atomic mass is 19.4. The molecule has 1 amide bonds. The first kappa shape index (κ1) is 18.4. The molecule has 1 aliphatic rings. The van der Waals surface area contributed by atoms with Gasteiger partial charge in [-0.1, -0.05) is 0 Å². The van der Waals surface area contributed by atoms with Crippen LogP contribution in [0.4, 0.5) is 18.0 Å². The van der Waals surface area contributed by atoms with Gasteiger partial charge in [0, 0.05) is 18.8 Å². The second-order valence-electron chi connectivity index (χ2n) is 6.69.